The molecule has 0 spiro atoms. The average Bonchev–Trinajstić information content (AvgIpc) is 2.63. The monoisotopic (exact) mass is 391 g/mol. The number of rotatable bonds is 9. The van der Waals surface area contributed by atoms with E-state index in [2.05, 4.69) is 18.3 Å². The van der Waals surface area contributed by atoms with Crippen molar-refractivity contribution in [2.24, 2.45) is 0 Å². The van der Waals surface area contributed by atoms with E-state index in [1.807, 2.05) is 18.2 Å². The molecule has 0 saturated carbocycles. The van der Waals surface area contributed by atoms with Crippen molar-refractivity contribution in [3.05, 3.63) is 69.7 Å². The zero-order chi connectivity index (χ0) is 18.8. The molecule has 0 aromatic heterocycles. The summed E-state index contributed by atoms with van der Waals surface area (Å²) in [6.45, 7) is 3.40. The first-order valence-electron chi connectivity index (χ1n) is 8.72. The van der Waals surface area contributed by atoms with Crippen molar-refractivity contribution in [2.75, 3.05) is 13.2 Å². The normalized spacial score (nSPS) is 10.9. The Morgan fingerprint density at radius 1 is 1.19 bits per heavy atom. The highest BCUT2D eigenvalue weighted by Crippen LogP contribution is 2.22. The molecule has 1 amide bonds. The number of amides is 1. The van der Waals surface area contributed by atoms with Gasteiger partial charge in [-0.15, -0.1) is 0 Å². The number of hydrogen-bond acceptors (Lipinski definition) is 2. The molecule has 0 aliphatic heterocycles. The van der Waals surface area contributed by atoms with E-state index in [-0.39, 0.29) is 5.91 Å². The Bertz CT molecular complexity index is 759. The van der Waals surface area contributed by atoms with Gasteiger partial charge in [-0.2, -0.15) is 0 Å². The molecular weight excluding hydrogens is 369 g/mol. The summed E-state index contributed by atoms with van der Waals surface area (Å²) >= 11 is 11.9. The first kappa shape index (κ1) is 20.3. The molecule has 0 heterocycles. The summed E-state index contributed by atoms with van der Waals surface area (Å²) in [6, 6.07) is 13.2. The third-order valence-electron chi connectivity index (χ3n) is 3.73. The number of ether oxygens (including phenoxy) is 1. The van der Waals surface area contributed by atoms with Crippen LogP contribution in [0.5, 0.6) is 5.75 Å². The summed E-state index contributed by atoms with van der Waals surface area (Å²) in [6.07, 6.45) is 5.84. The van der Waals surface area contributed by atoms with Gasteiger partial charge in [0, 0.05) is 22.7 Å². The van der Waals surface area contributed by atoms with E-state index < -0.39 is 0 Å². The quantitative estimate of drug-likeness (QED) is 0.449. The van der Waals surface area contributed by atoms with Crippen LogP contribution in [-0.4, -0.2) is 19.1 Å². The minimum absolute atomic E-state index is 0.147. The first-order chi connectivity index (χ1) is 12.6. The molecule has 138 valence electrons. The molecule has 0 aliphatic rings. The molecule has 0 atom stereocenters. The van der Waals surface area contributed by atoms with Gasteiger partial charge in [0.1, 0.15) is 5.75 Å². The molecule has 26 heavy (non-hydrogen) atoms. The minimum atomic E-state index is -0.147. The lowest BCUT2D eigenvalue weighted by molar-refractivity contribution is -0.116. The largest absolute Gasteiger partial charge is 0.493 e. The summed E-state index contributed by atoms with van der Waals surface area (Å²) in [7, 11) is 0. The molecule has 2 aromatic rings. The Hall–Kier alpha value is -1.97. The Labute approximate surface area is 165 Å². The molecule has 0 unspecified atom stereocenters. The fourth-order valence-electron chi connectivity index (χ4n) is 2.41. The number of aryl methyl sites for hydroxylation is 1. The lowest BCUT2D eigenvalue weighted by Crippen LogP contribution is -2.22. The highest BCUT2D eigenvalue weighted by atomic mass is 35.5. The summed E-state index contributed by atoms with van der Waals surface area (Å²) in [4.78, 5) is 11.9. The van der Waals surface area contributed by atoms with Crippen LogP contribution in [0.15, 0.2) is 48.5 Å². The summed E-state index contributed by atoms with van der Waals surface area (Å²) in [5.41, 5.74) is 1.92. The molecule has 2 aromatic carbocycles. The van der Waals surface area contributed by atoms with Crippen LogP contribution in [0.1, 0.15) is 30.9 Å². The summed E-state index contributed by atoms with van der Waals surface area (Å²) in [5, 5.41) is 3.97. The predicted octanol–water partition coefficient (Wildman–Crippen LogP) is 5.54. The maximum Gasteiger partial charge on any atom is 0.244 e. The topological polar surface area (TPSA) is 38.3 Å². The Morgan fingerprint density at radius 3 is 2.77 bits per heavy atom. The zero-order valence-electron chi connectivity index (χ0n) is 14.8. The van der Waals surface area contributed by atoms with Gasteiger partial charge in [-0.25, -0.2) is 0 Å². The van der Waals surface area contributed by atoms with Crippen molar-refractivity contribution in [3.8, 4) is 5.75 Å². The highest BCUT2D eigenvalue weighted by Gasteiger charge is 2.03. The van der Waals surface area contributed by atoms with E-state index in [4.69, 9.17) is 27.9 Å². The number of benzene rings is 2. The minimum Gasteiger partial charge on any atom is -0.493 e. The van der Waals surface area contributed by atoms with Gasteiger partial charge in [-0.3, -0.25) is 4.79 Å². The van der Waals surface area contributed by atoms with Crippen LogP contribution in [0, 0.1) is 0 Å². The lowest BCUT2D eigenvalue weighted by atomic mass is 10.1. The molecule has 0 fully saturated rings. The van der Waals surface area contributed by atoms with Crippen LogP contribution < -0.4 is 10.1 Å². The smallest absolute Gasteiger partial charge is 0.244 e. The van der Waals surface area contributed by atoms with Gasteiger partial charge in [-0.1, -0.05) is 54.4 Å². The number of nitrogens with one attached hydrogen (secondary N) is 1. The Morgan fingerprint density at radius 2 is 2.00 bits per heavy atom. The van der Waals surface area contributed by atoms with E-state index in [1.54, 1.807) is 24.3 Å². The SMILES string of the molecule is CCCOc1ccccc1CCCNC(=O)/C=C/c1ccc(Cl)cc1Cl. The standard InChI is InChI=1S/C21H23Cl2NO2/c1-2-14-26-20-8-4-3-6-17(20)7-5-13-24-21(25)12-10-16-9-11-18(22)15-19(16)23/h3-4,6,8-12,15H,2,5,7,13-14H2,1H3,(H,24,25)/b12-10+. The number of carbonyl (C=O) groups is 1. The highest BCUT2D eigenvalue weighted by molar-refractivity contribution is 6.35. The Balaban J connectivity index is 1.77. The van der Waals surface area contributed by atoms with E-state index in [0.29, 0.717) is 23.2 Å². The summed E-state index contributed by atoms with van der Waals surface area (Å²) in [5.74, 6) is 0.782. The molecule has 0 aliphatic carbocycles. The van der Waals surface area contributed by atoms with Crippen LogP contribution >= 0.6 is 23.2 Å². The van der Waals surface area contributed by atoms with Gasteiger partial charge >= 0.3 is 0 Å². The fraction of sp³-hybridized carbons (Fsp3) is 0.286. The van der Waals surface area contributed by atoms with Crippen LogP contribution in [0.25, 0.3) is 6.08 Å². The number of halogens is 2. The number of para-hydroxylation sites is 1. The molecule has 0 saturated heterocycles. The number of hydrogen-bond donors (Lipinski definition) is 1. The molecule has 3 nitrogen and oxygen atoms in total. The fourth-order valence-corrected chi connectivity index (χ4v) is 2.89. The average molecular weight is 392 g/mol. The molecule has 0 radical (unpaired) electrons. The third kappa shape index (κ3) is 6.74. The van der Waals surface area contributed by atoms with E-state index >= 15 is 0 Å². The molecule has 2 rings (SSSR count). The van der Waals surface area contributed by atoms with Gasteiger partial charge in [0.25, 0.3) is 0 Å². The maximum absolute atomic E-state index is 11.9. The first-order valence-corrected chi connectivity index (χ1v) is 9.47. The van der Waals surface area contributed by atoms with Crippen LogP contribution in [0.2, 0.25) is 10.0 Å². The van der Waals surface area contributed by atoms with E-state index in [9.17, 15) is 4.79 Å². The van der Waals surface area contributed by atoms with E-state index in [0.717, 1.165) is 30.6 Å². The molecule has 5 heteroatoms. The molecule has 1 N–H and O–H groups in total. The van der Waals surface area contributed by atoms with Crippen molar-refractivity contribution in [1.29, 1.82) is 0 Å². The maximum atomic E-state index is 11.9. The van der Waals surface area contributed by atoms with Crippen molar-refractivity contribution in [3.63, 3.8) is 0 Å². The van der Waals surface area contributed by atoms with Crippen molar-refractivity contribution >= 4 is 35.2 Å². The second-order valence-corrected chi connectivity index (χ2v) is 6.69. The van der Waals surface area contributed by atoms with Crippen molar-refractivity contribution < 1.29 is 9.53 Å². The Kier molecular flexibility index (Phi) is 8.52. The van der Waals surface area contributed by atoms with Crippen molar-refractivity contribution in [2.45, 2.75) is 26.2 Å². The second kappa shape index (κ2) is 10.9. The predicted molar refractivity (Wildman–Crippen MR) is 109 cm³/mol. The molecule has 0 bridgehead atoms. The number of carbonyl (C=O) groups excluding carboxylic acids is 1. The van der Waals surface area contributed by atoms with Crippen molar-refractivity contribution in [1.82, 2.24) is 5.32 Å². The van der Waals surface area contributed by atoms with E-state index in [1.165, 1.54) is 11.6 Å². The lowest BCUT2D eigenvalue weighted by Gasteiger charge is -2.10. The third-order valence-corrected chi connectivity index (χ3v) is 4.30. The zero-order valence-corrected chi connectivity index (χ0v) is 16.3. The van der Waals surface area contributed by atoms with Gasteiger partial charge < -0.3 is 10.1 Å². The van der Waals surface area contributed by atoms with Crippen LogP contribution in [0.4, 0.5) is 0 Å². The van der Waals surface area contributed by atoms with Gasteiger partial charge in [0.2, 0.25) is 5.91 Å². The van der Waals surface area contributed by atoms with Gasteiger partial charge in [-0.05, 0) is 54.7 Å². The molecular formula is C21H23Cl2NO2. The van der Waals surface area contributed by atoms with Crippen LogP contribution in [0.3, 0.4) is 0 Å². The van der Waals surface area contributed by atoms with Gasteiger partial charge in [0.05, 0.1) is 6.61 Å². The second-order valence-electron chi connectivity index (χ2n) is 5.85. The van der Waals surface area contributed by atoms with Crippen LogP contribution in [-0.2, 0) is 11.2 Å². The summed E-state index contributed by atoms with van der Waals surface area (Å²) < 4.78 is 5.75. The van der Waals surface area contributed by atoms with Gasteiger partial charge in [0.15, 0.2) is 0 Å².